The third-order valence-electron chi connectivity index (χ3n) is 2.29. The lowest BCUT2D eigenvalue weighted by molar-refractivity contribution is 0.697. The van der Waals surface area contributed by atoms with Crippen molar-refractivity contribution in [3.05, 3.63) is 11.6 Å². The molecule has 1 aliphatic rings. The van der Waals surface area contributed by atoms with Crippen LogP contribution in [0.1, 0.15) is 38.5 Å². The fourth-order valence-corrected chi connectivity index (χ4v) is 1.59. The topological polar surface area (TPSA) is 35.8 Å². The predicted molar refractivity (Wildman–Crippen MR) is 49.4 cm³/mol. The molecule has 0 aromatic rings. The average molecular weight is 164 g/mol. The van der Waals surface area contributed by atoms with Gasteiger partial charge < -0.3 is 5.32 Å². The molecular formula is C10H16N2. The Bertz CT molecular complexity index is 189. The molecule has 66 valence electrons. The Labute approximate surface area is 74.3 Å². The van der Waals surface area contributed by atoms with Crippen LogP contribution < -0.4 is 5.32 Å². The molecule has 12 heavy (non-hydrogen) atoms. The molecule has 0 saturated heterocycles. The summed E-state index contributed by atoms with van der Waals surface area (Å²) >= 11 is 0. The second kappa shape index (κ2) is 5.65. The molecule has 0 unspecified atom stereocenters. The highest BCUT2D eigenvalue weighted by Crippen LogP contribution is 2.18. The summed E-state index contributed by atoms with van der Waals surface area (Å²) in [5, 5.41) is 11.0. The van der Waals surface area contributed by atoms with Crippen molar-refractivity contribution < 1.29 is 0 Å². The molecule has 0 fully saturated rings. The van der Waals surface area contributed by atoms with Gasteiger partial charge in [-0.1, -0.05) is 18.1 Å². The molecule has 0 heterocycles. The lowest BCUT2D eigenvalue weighted by atomic mass is 10.1. The molecular weight excluding hydrogens is 148 g/mol. The minimum Gasteiger partial charge on any atom is -0.324 e. The smallest absolute Gasteiger partial charge is 0.176 e. The molecule has 2 nitrogen and oxygen atoms in total. The number of allylic oxidation sites excluding steroid dienone is 1. The Morgan fingerprint density at radius 2 is 2.33 bits per heavy atom. The predicted octanol–water partition coefficient (Wildman–Crippen LogP) is 2.34. The van der Waals surface area contributed by atoms with E-state index < -0.39 is 0 Å². The number of rotatable bonds is 3. The number of hydrogen-bond acceptors (Lipinski definition) is 2. The first-order chi connectivity index (χ1) is 5.93. The van der Waals surface area contributed by atoms with Gasteiger partial charge in [-0.15, -0.1) is 0 Å². The second-order valence-electron chi connectivity index (χ2n) is 3.25. The van der Waals surface area contributed by atoms with Crippen molar-refractivity contribution in [2.24, 2.45) is 0 Å². The summed E-state index contributed by atoms with van der Waals surface area (Å²) in [5.41, 5.74) is 1.54. The maximum Gasteiger partial charge on any atom is 0.176 e. The largest absolute Gasteiger partial charge is 0.324 e. The van der Waals surface area contributed by atoms with E-state index in [1.54, 1.807) is 0 Å². The summed E-state index contributed by atoms with van der Waals surface area (Å²) in [5.74, 6) is 0. The standard InChI is InChI=1S/C10H16N2/c11-9-12-8-7-10-5-3-1-2-4-6-10/h5,12H,1-4,6-8H2. The lowest BCUT2D eigenvalue weighted by Crippen LogP contribution is -2.07. The molecule has 2 heteroatoms. The Kier molecular flexibility index (Phi) is 4.30. The molecule has 0 aromatic carbocycles. The molecule has 0 amide bonds. The second-order valence-corrected chi connectivity index (χ2v) is 3.25. The van der Waals surface area contributed by atoms with Crippen molar-refractivity contribution in [2.75, 3.05) is 6.54 Å². The van der Waals surface area contributed by atoms with E-state index in [1.807, 2.05) is 6.19 Å². The molecule has 1 N–H and O–H groups in total. The van der Waals surface area contributed by atoms with Crippen LogP contribution in [-0.2, 0) is 0 Å². The summed E-state index contributed by atoms with van der Waals surface area (Å²) in [7, 11) is 0. The van der Waals surface area contributed by atoms with Gasteiger partial charge in [0, 0.05) is 6.54 Å². The number of nitrogens with one attached hydrogen (secondary N) is 1. The van der Waals surface area contributed by atoms with Gasteiger partial charge in [0.25, 0.3) is 0 Å². The normalized spacial score (nSPS) is 17.4. The molecule has 0 bridgehead atoms. The van der Waals surface area contributed by atoms with Crippen LogP contribution in [0.15, 0.2) is 11.6 Å². The Balaban J connectivity index is 2.20. The monoisotopic (exact) mass is 164 g/mol. The van der Waals surface area contributed by atoms with E-state index in [-0.39, 0.29) is 0 Å². The van der Waals surface area contributed by atoms with Crippen molar-refractivity contribution in [1.82, 2.24) is 5.32 Å². The SMILES string of the molecule is N#CNCCC1=CCCCCC1. The van der Waals surface area contributed by atoms with Crippen LogP contribution in [0.2, 0.25) is 0 Å². The average Bonchev–Trinajstić information content (AvgIpc) is 2.33. The maximum absolute atomic E-state index is 8.27. The zero-order valence-corrected chi connectivity index (χ0v) is 7.47. The van der Waals surface area contributed by atoms with Crippen molar-refractivity contribution in [2.45, 2.75) is 38.5 Å². The minimum absolute atomic E-state index is 0.808. The van der Waals surface area contributed by atoms with Crippen LogP contribution in [0.4, 0.5) is 0 Å². The van der Waals surface area contributed by atoms with Crippen LogP contribution in [0.3, 0.4) is 0 Å². The van der Waals surface area contributed by atoms with E-state index in [1.165, 1.54) is 37.7 Å². The summed E-state index contributed by atoms with van der Waals surface area (Å²) in [6.07, 6.45) is 11.9. The summed E-state index contributed by atoms with van der Waals surface area (Å²) in [4.78, 5) is 0. The summed E-state index contributed by atoms with van der Waals surface area (Å²) < 4.78 is 0. The number of nitrogens with zero attached hydrogens (tertiary/aromatic N) is 1. The lowest BCUT2D eigenvalue weighted by Gasteiger charge is -2.02. The quantitative estimate of drug-likeness (QED) is 0.301. The molecule has 0 aliphatic heterocycles. The molecule has 0 radical (unpaired) electrons. The van der Waals surface area contributed by atoms with Gasteiger partial charge >= 0.3 is 0 Å². The zero-order chi connectivity index (χ0) is 8.65. The van der Waals surface area contributed by atoms with Crippen LogP contribution in [0.25, 0.3) is 0 Å². The number of nitriles is 1. The minimum atomic E-state index is 0.808. The van der Waals surface area contributed by atoms with E-state index in [4.69, 9.17) is 5.26 Å². The first-order valence-electron chi connectivity index (χ1n) is 4.73. The first kappa shape index (κ1) is 9.12. The molecule has 1 rings (SSSR count). The Hall–Kier alpha value is -0.970. The Morgan fingerprint density at radius 1 is 1.42 bits per heavy atom. The van der Waals surface area contributed by atoms with Gasteiger partial charge in [0.05, 0.1) is 0 Å². The van der Waals surface area contributed by atoms with E-state index in [9.17, 15) is 0 Å². The molecule has 0 spiro atoms. The third kappa shape index (κ3) is 3.43. The maximum atomic E-state index is 8.27. The summed E-state index contributed by atoms with van der Waals surface area (Å²) in [6.45, 7) is 0.808. The highest BCUT2D eigenvalue weighted by atomic mass is 14.8. The van der Waals surface area contributed by atoms with Crippen molar-refractivity contribution in [3.63, 3.8) is 0 Å². The molecule has 0 atom stereocenters. The van der Waals surface area contributed by atoms with Gasteiger partial charge in [0.15, 0.2) is 6.19 Å². The van der Waals surface area contributed by atoms with Gasteiger partial charge in [0.2, 0.25) is 0 Å². The summed E-state index contributed by atoms with van der Waals surface area (Å²) in [6, 6.07) is 0. The highest BCUT2D eigenvalue weighted by molar-refractivity contribution is 5.04. The zero-order valence-electron chi connectivity index (χ0n) is 7.47. The van der Waals surface area contributed by atoms with Gasteiger partial charge in [-0.25, -0.2) is 0 Å². The van der Waals surface area contributed by atoms with Crippen molar-refractivity contribution in [1.29, 1.82) is 5.26 Å². The fraction of sp³-hybridized carbons (Fsp3) is 0.700. The van der Waals surface area contributed by atoms with Crippen molar-refractivity contribution in [3.8, 4) is 6.19 Å². The van der Waals surface area contributed by atoms with E-state index >= 15 is 0 Å². The first-order valence-corrected chi connectivity index (χ1v) is 4.73. The van der Waals surface area contributed by atoms with Crippen LogP contribution in [-0.4, -0.2) is 6.54 Å². The van der Waals surface area contributed by atoms with Gasteiger partial charge in [-0.3, -0.25) is 0 Å². The Morgan fingerprint density at radius 3 is 3.17 bits per heavy atom. The van der Waals surface area contributed by atoms with E-state index in [0.717, 1.165) is 13.0 Å². The van der Waals surface area contributed by atoms with E-state index in [2.05, 4.69) is 11.4 Å². The van der Waals surface area contributed by atoms with Crippen LogP contribution in [0.5, 0.6) is 0 Å². The molecule has 1 aliphatic carbocycles. The van der Waals surface area contributed by atoms with Gasteiger partial charge in [-0.2, -0.15) is 5.26 Å². The molecule has 0 saturated carbocycles. The van der Waals surface area contributed by atoms with E-state index in [0.29, 0.717) is 0 Å². The number of hydrogen-bond donors (Lipinski definition) is 1. The van der Waals surface area contributed by atoms with Crippen LogP contribution >= 0.6 is 0 Å². The van der Waals surface area contributed by atoms with Gasteiger partial charge in [0.1, 0.15) is 0 Å². The van der Waals surface area contributed by atoms with Crippen LogP contribution in [0, 0.1) is 11.5 Å². The fourth-order valence-electron chi connectivity index (χ4n) is 1.59. The highest BCUT2D eigenvalue weighted by Gasteiger charge is 2.01. The molecule has 0 aromatic heterocycles. The van der Waals surface area contributed by atoms with Gasteiger partial charge in [-0.05, 0) is 32.1 Å². The van der Waals surface area contributed by atoms with Crippen molar-refractivity contribution >= 4 is 0 Å². The third-order valence-corrected chi connectivity index (χ3v) is 2.29.